The first-order chi connectivity index (χ1) is 12.5. The van der Waals surface area contributed by atoms with Gasteiger partial charge >= 0.3 is 0 Å². The number of anilines is 1. The smallest absolute Gasteiger partial charge is 0.269 e. The molecule has 4 rings (SSSR count). The van der Waals surface area contributed by atoms with Gasteiger partial charge in [-0.25, -0.2) is 4.98 Å². The summed E-state index contributed by atoms with van der Waals surface area (Å²) in [6, 6.07) is 9.73. The lowest BCUT2D eigenvalue weighted by Crippen LogP contribution is -2.30. The molecule has 0 spiro atoms. The van der Waals surface area contributed by atoms with E-state index in [1.165, 1.54) is 23.9 Å². The number of halogens is 1. The van der Waals surface area contributed by atoms with Gasteiger partial charge in [0.05, 0.1) is 10.7 Å². The third kappa shape index (κ3) is 3.13. The Morgan fingerprint density at radius 2 is 2.19 bits per heavy atom. The van der Waals surface area contributed by atoms with Gasteiger partial charge in [-0.2, -0.15) is 0 Å². The molecule has 0 atom stereocenters. The number of nitro benzene ring substituents is 1. The first kappa shape index (κ1) is 16.9. The van der Waals surface area contributed by atoms with Crippen molar-refractivity contribution in [2.24, 2.45) is 0 Å². The molecule has 132 valence electrons. The van der Waals surface area contributed by atoms with E-state index in [-0.39, 0.29) is 17.3 Å². The van der Waals surface area contributed by atoms with E-state index in [1.54, 1.807) is 29.2 Å². The van der Waals surface area contributed by atoms with Gasteiger partial charge in [-0.3, -0.25) is 14.9 Å². The highest BCUT2D eigenvalue weighted by Gasteiger charge is 2.26. The average Bonchev–Trinajstić information content (AvgIpc) is 3.22. The third-order valence-electron chi connectivity index (χ3n) is 4.12. The summed E-state index contributed by atoms with van der Waals surface area (Å²) in [7, 11) is 0. The lowest BCUT2D eigenvalue weighted by Gasteiger charge is -2.16. The Balaban J connectivity index is 1.46. The number of carbonyl (C=O) groups excluding carboxylic acids is 1. The Morgan fingerprint density at radius 1 is 1.35 bits per heavy atom. The van der Waals surface area contributed by atoms with Crippen molar-refractivity contribution in [1.82, 2.24) is 4.98 Å². The van der Waals surface area contributed by atoms with E-state index in [0.717, 1.165) is 11.3 Å². The predicted molar refractivity (Wildman–Crippen MR) is 98.9 cm³/mol. The molecule has 9 heteroatoms. The van der Waals surface area contributed by atoms with Crippen LogP contribution in [0.1, 0.15) is 5.56 Å². The number of carbonyl (C=O) groups is 1. The molecule has 7 nitrogen and oxygen atoms in total. The number of nitrogens with zero attached hydrogens (tertiary/aromatic N) is 3. The summed E-state index contributed by atoms with van der Waals surface area (Å²) in [4.78, 5) is 28.9. The van der Waals surface area contributed by atoms with Crippen molar-refractivity contribution >= 4 is 51.7 Å². The Bertz CT molecular complexity index is 1040. The van der Waals surface area contributed by atoms with Crippen LogP contribution in [0.5, 0.6) is 0 Å². The minimum Gasteiger partial charge on any atom is -0.431 e. The minimum absolute atomic E-state index is 0.0394. The van der Waals surface area contributed by atoms with Crippen molar-refractivity contribution in [3.05, 3.63) is 57.1 Å². The molecule has 26 heavy (non-hydrogen) atoms. The second-order valence-corrected chi connectivity index (χ2v) is 7.11. The number of aromatic nitrogens is 1. The van der Waals surface area contributed by atoms with E-state index in [0.29, 0.717) is 34.3 Å². The van der Waals surface area contributed by atoms with Crippen LogP contribution >= 0.6 is 23.4 Å². The lowest BCUT2D eigenvalue weighted by atomic mass is 10.1. The SMILES string of the molecule is O=C(CSc1nc2cc(Cl)ccc2o1)N1CCc2cc([N+](=O)[O-])ccc21. The van der Waals surface area contributed by atoms with Gasteiger partial charge in [0.1, 0.15) is 5.52 Å². The summed E-state index contributed by atoms with van der Waals surface area (Å²) in [5.74, 6) is 0.0691. The van der Waals surface area contributed by atoms with Crippen LogP contribution in [-0.2, 0) is 11.2 Å². The molecule has 0 radical (unpaired) electrons. The molecule has 0 aliphatic carbocycles. The fraction of sp³-hybridized carbons (Fsp3) is 0.176. The Labute approximate surface area is 157 Å². The molecular formula is C17H12ClN3O4S. The molecule has 1 aliphatic heterocycles. The van der Waals surface area contributed by atoms with Crippen LogP contribution in [0.25, 0.3) is 11.1 Å². The highest BCUT2D eigenvalue weighted by Crippen LogP contribution is 2.32. The molecule has 0 N–H and O–H groups in total. The van der Waals surface area contributed by atoms with Crippen LogP contribution in [-0.4, -0.2) is 28.1 Å². The van der Waals surface area contributed by atoms with E-state index in [4.69, 9.17) is 16.0 Å². The number of rotatable bonds is 4. The van der Waals surface area contributed by atoms with Gasteiger partial charge in [0.15, 0.2) is 5.58 Å². The molecule has 2 heterocycles. The topological polar surface area (TPSA) is 89.5 Å². The summed E-state index contributed by atoms with van der Waals surface area (Å²) in [5.41, 5.74) is 2.84. The van der Waals surface area contributed by atoms with Crippen molar-refractivity contribution in [3.8, 4) is 0 Å². The molecule has 0 saturated carbocycles. The van der Waals surface area contributed by atoms with Crippen LogP contribution in [0.15, 0.2) is 46.0 Å². The van der Waals surface area contributed by atoms with Crippen LogP contribution in [0, 0.1) is 10.1 Å². The minimum atomic E-state index is -0.430. The van der Waals surface area contributed by atoms with Crippen molar-refractivity contribution < 1.29 is 14.1 Å². The average molecular weight is 390 g/mol. The quantitative estimate of drug-likeness (QED) is 0.379. The molecule has 0 unspecified atom stereocenters. The van der Waals surface area contributed by atoms with E-state index < -0.39 is 4.92 Å². The normalized spacial score (nSPS) is 13.2. The van der Waals surface area contributed by atoms with Gasteiger partial charge < -0.3 is 9.32 Å². The molecule has 1 amide bonds. The fourth-order valence-corrected chi connectivity index (χ4v) is 3.78. The van der Waals surface area contributed by atoms with Gasteiger partial charge in [0, 0.05) is 29.4 Å². The van der Waals surface area contributed by atoms with Crippen LogP contribution in [0.2, 0.25) is 5.02 Å². The predicted octanol–water partition coefficient (Wildman–Crippen LogP) is 4.07. The Morgan fingerprint density at radius 3 is 3.00 bits per heavy atom. The fourth-order valence-electron chi connectivity index (χ4n) is 2.90. The zero-order valence-electron chi connectivity index (χ0n) is 13.3. The monoisotopic (exact) mass is 389 g/mol. The largest absolute Gasteiger partial charge is 0.431 e. The summed E-state index contributed by atoms with van der Waals surface area (Å²) in [5, 5.41) is 11.8. The van der Waals surface area contributed by atoms with Gasteiger partial charge in [0.25, 0.3) is 10.9 Å². The number of hydrogen-bond donors (Lipinski definition) is 0. The van der Waals surface area contributed by atoms with Crippen LogP contribution in [0.4, 0.5) is 11.4 Å². The third-order valence-corrected chi connectivity index (χ3v) is 5.17. The number of hydrogen-bond acceptors (Lipinski definition) is 6. The number of benzene rings is 2. The summed E-state index contributed by atoms with van der Waals surface area (Å²) < 4.78 is 5.60. The van der Waals surface area contributed by atoms with E-state index >= 15 is 0 Å². The number of oxazole rings is 1. The number of thioether (sulfide) groups is 1. The van der Waals surface area contributed by atoms with E-state index in [9.17, 15) is 14.9 Å². The van der Waals surface area contributed by atoms with Crippen molar-refractivity contribution in [2.45, 2.75) is 11.6 Å². The molecule has 0 saturated heterocycles. The molecule has 1 aliphatic rings. The van der Waals surface area contributed by atoms with Crippen molar-refractivity contribution in [1.29, 1.82) is 0 Å². The zero-order chi connectivity index (χ0) is 18.3. The first-order valence-electron chi connectivity index (χ1n) is 7.78. The molecule has 0 bridgehead atoms. The zero-order valence-corrected chi connectivity index (χ0v) is 14.9. The van der Waals surface area contributed by atoms with Gasteiger partial charge in [-0.05, 0) is 36.2 Å². The summed E-state index contributed by atoms with van der Waals surface area (Å²) in [6.07, 6.45) is 0.606. The van der Waals surface area contributed by atoms with Crippen molar-refractivity contribution in [2.75, 3.05) is 17.2 Å². The molecule has 3 aromatic rings. The standard InChI is InChI=1S/C17H12ClN3O4S/c18-11-1-4-15-13(8-11)19-17(25-15)26-9-16(22)20-6-5-10-7-12(21(23)24)2-3-14(10)20/h1-4,7-8H,5-6,9H2. The Hall–Kier alpha value is -2.58. The van der Waals surface area contributed by atoms with Crippen molar-refractivity contribution in [3.63, 3.8) is 0 Å². The first-order valence-corrected chi connectivity index (χ1v) is 9.14. The Kier molecular flexibility index (Phi) is 4.29. The highest BCUT2D eigenvalue weighted by molar-refractivity contribution is 7.99. The lowest BCUT2D eigenvalue weighted by molar-refractivity contribution is -0.384. The number of non-ortho nitro benzene ring substituents is 1. The maximum atomic E-state index is 12.6. The summed E-state index contributed by atoms with van der Waals surface area (Å²) in [6.45, 7) is 0.513. The highest BCUT2D eigenvalue weighted by atomic mass is 35.5. The molecular weight excluding hydrogens is 378 g/mol. The summed E-state index contributed by atoms with van der Waals surface area (Å²) >= 11 is 7.14. The van der Waals surface area contributed by atoms with E-state index in [1.807, 2.05) is 0 Å². The van der Waals surface area contributed by atoms with Gasteiger partial charge in [-0.15, -0.1) is 0 Å². The maximum absolute atomic E-state index is 12.6. The number of amides is 1. The number of fused-ring (bicyclic) bond motifs is 2. The second kappa shape index (κ2) is 6.62. The number of nitro groups is 1. The molecule has 2 aromatic carbocycles. The van der Waals surface area contributed by atoms with E-state index in [2.05, 4.69) is 4.98 Å². The second-order valence-electron chi connectivity index (χ2n) is 5.75. The van der Waals surface area contributed by atoms with Crippen LogP contribution < -0.4 is 4.90 Å². The van der Waals surface area contributed by atoms with Gasteiger partial charge in [-0.1, -0.05) is 23.4 Å². The van der Waals surface area contributed by atoms with Crippen LogP contribution in [0.3, 0.4) is 0 Å². The van der Waals surface area contributed by atoms with Gasteiger partial charge in [0.2, 0.25) is 5.91 Å². The molecule has 1 aromatic heterocycles. The maximum Gasteiger partial charge on any atom is 0.269 e. The molecule has 0 fully saturated rings.